The second-order valence-corrected chi connectivity index (χ2v) is 8.19. The number of nitrogens with one attached hydrogen (secondary N) is 2. The summed E-state index contributed by atoms with van der Waals surface area (Å²) in [6.45, 7) is 2.24. The number of ether oxygens (including phenoxy) is 1. The predicted molar refractivity (Wildman–Crippen MR) is 141 cm³/mol. The number of rotatable bonds is 9. The fraction of sp³-hybridized carbons (Fsp3) is 0.148. The van der Waals surface area contributed by atoms with Crippen molar-refractivity contribution in [1.29, 1.82) is 0 Å². The number of aromatic nitrogens is 3. The van der Waals surface area contributed by atoms with Crippen LogP contribution >= 0.6 is 11.6 Å². The van der Waals surface area contributed by atoms with Gasteiger partial charge >= 0.3 is 5.97 Å². The molecule has 0 radical (unpaired) electrons. The topological polar surface area (TPSA) is 115 Å². The van der Waals surface area contributed by atoms with Gasteiger partial charge in [0, 0.05) is 23.1 Å². The number of benzene rings is 2. The molecule has 0 bridgehead atoms. The van der Waals surface area contributed by atoms with Crippen molar-refractivity contribution in [2.45, 2.75) is 13.5 Å². The highest BCUT2D eigenvalue weighted by Crippen LogP contribution is 2.23. The first-order valence-corrected chi connectivity index (χ1v) is 12.0. The van der Waals surface area contributed by atoms with Crippen molar-refractivity contribution in [3.8, 4) is 11.3 Å². The van der Waals surface area contributed by atoms with E-state index in [-0.39, 0.29) is 30.8 Å². The van der Waals surface area contributed by atoms with Crippen molar-refractivity contribution in [3.63, 3.8) is 0 Å². The highest BCUT2D eigenvalue weighted by atomic mass is 35.5. The van der Waals surface area contributed by atoms with Gasteiger partial charge in [0.25, 0.3) is 5.91 Å². The van der Waals surface area contributed by atoms with Gasteiger partial charge in [-0.2, -0.15) is 5.10 Å². The molecule has 2 amide bonds. The van der Waals surface area contributed by atoms with Crippen LogP contribution in [0.1, 0.15) is 33.5 Å². The Labute approximate surface area is 218 Å². The van der Waals surface area contributed by atoms with E-state index in [9.17, 15) is 14.4 Å². The molecule has 0 aliphatic rings. The molecule has 2 heterocycles. The van der Waals surface area contributed by atoms with Crippen molar-refractivity contribution in [1.82, 2.24) is 14.8 Å². The van der Waals surface area contributed by atoms with Crippen LogP contribution in [0, 0.1) is 0 Å². The quantitative estimate of drug-likeness (QED) is 0.248. The van der Waals surface area contributed by atoms with E-state index < -0.39 is 5.97 Å². The maximum Gasteiger partial charge on any atom is 0.356 e. The van der Waals surface area contributed by atoms with E-state index in [2.05, 4.69) is 20.7 Å². The molecule has 0 fully saturated rings. The molecule has 0 atom stereocenters. The second-order valence-electron chi connectivity index (χ2n) is 7.92. The van der Waals surface area contributed by atoms with Crippen LogP contribution in [0.25, 0.3) is 11.3 Å². The van der Waals surface area contributed by atoms with Crippen LogP contribution in [0.4, 0.5) is 11.4 Å². The second kappa shape index (κ2) is 12.0. The summed E-state index contributed by atoms with van der Waals surface area (Å²) in [6, 6.07) is 21.1. The van der Waals surface area contributed by atoms with Crippen LogP contribution < -0.4 is 10.6 Å². The molecule has 9 nitrogen and oxygen atoms in total. The lowest BCUT2D eigenvalue weighted by atomic mass is 10.1. The molecule has 10 heteroatoms. The summed E-state index contributed by atoms with van der Waals surface area (Å²) in [5.41, 5.74) is 3.94. The minimum Gasteiger partial charge on any atom is -0.461 e. The standard InChI is InChI=1S/C27H24ClN5O4/c1-2-37-27(36)24-15-23(32-33(24)17-18-6-5-7-21(14-18)30-25(34)16-28)19-9-11-20(12-10-19)31-26(35)22-8-3-4-13-29-22/h3-15H,2,16-17H2,1H3,(H,30,34)(H,31,35). The van der Waals surface area contributed by atoms with Crippen LogP contribution in [0.3, 0.4) is 0 Å². The average molecular weight is 518 g/mol. The third kappa shape index (κ3) is 6.59. The van der Waals surface area contributed by atoms with Gasteiger partial charge in [-0.3, -0.25) is 19.3 Å². The number of hydrogen-bond donors (Lipinski definition) is 2. The van der Waals surface area contributed by atoms with Gasteiger partial charge < -0.3 is 15.4 Å². The number of alkyl halides is 1. The molecule has 4 aromatic rings. The summed E-state index contributed by atoms with van der Waals surface area (Å²) in [5, 5.41) is 10.1. The normalized spacial score (nSPS) is 10.5. The number of carbonyl (C=O) groups is 3. The lowest BCUT2D eigenvalue weighted by molar-refractivity contribution is -0.113. The van der Waals surface area contributed by atoms with Crippen molar-refractivity contribution in [2.24, 2.45) is 0 Å². The Bertz CT molecular complexity index is 1400. The molecule has 2 N–H and O–H groups in total. The zero-order valence-electron chi connectivity index (χ0n) is 20.0. The maximum atomic E-state index is 12.7. The SMILES string of the molecule is CCOC(=O)c1cc(-c2ccc(NC(=O)c3ccccn3)cc2)nn1Cc1cccc(NC(=O)CCl)c1. The number of pyridine rings is 1. The lowest BCUT2D eigenvalue weighted by Crippen LogP contribution is -2.15. The Kier molecular flexibility index (Phi) is 8.27. The molecule has 0 spiro atoms. The van der Waals surface area contributed by atoms with Crippen molar-refractivity contribution in [2.75, 3.05) is 23.1 Å². The average Bonchev–Trinajstić information content (AvgIpc) is 3.33. The van der Waals surface area contributed by atoms with Gasteiger partial charge in [0.1, 0.15) is 17.3 Å². The minimum absolute atomic E-state index is 0.147. The summed E-state index contributed by atoms with van der Waals surface area (Å²) >= 11 is 5.58. The summed E-state index contributed by atoms with van der Waals surface area (Å²) in [4.78, 5) is 40.7. The summed E-state index contributed by atoms with van der Waals surface area (Å²) in [7, 11) is 0. The van der Waals surface area contributed by atoms with Gasteiger partial charge in [-0.05, 0) is 55.0 Å². The zero-order valence-corrected chi connectivity index (χ0v) is 20.7. The van der Waals surface area contributed by atoms with E-state index >= 15 is 0 Å². The van der Waals surface area contributed by atoms with Crippen LogP contribution in [-0.4, -0.2) is 45.0 Å². The van der Waals surface area contributed by atoms with Crippen molar-refractivity contribution >= 4 is 40.8 Å². The molecule has 4 rings (SSSR count). The monoisotopic (exact) mass is 517 g/mol. The van der Waals surface area contributed by atoms with E-state index in [1.807, 2.05) is 6.07 Å². The number of hydrogen-bond acceptors (Lipinski definition) is 6. The van der Waals surface area contributed by atoms with Crippen molar-refractivity contribution in [3.05, 3.63) is 95.9 Å². The molecule has 0 aliphatic heterocycles. The van der Waals surface area contributed by atoms with Gasteiger partial charge in [-0.25, -0.2) is 4.79 Å². The van der Waals surface area contributed by atoms with Crippen molar-refractivity contribution < 1.29 is 19.1 Å². The molecule has 2 aromatic heterocycles. The Morgan fingerprint density at radius 3 is 2.46 bits per heavy atom. The smallest absolute Gasteiger partial charge is 0.356 e. The van der Waals surface area contributed by atoms with Gasteiger partial charge in [0.2, 0.25) is 5.91 Å². The molecule has 188 valence electrons. The first-order chi connectivity index (χ1) is 18.0. The van der Waals surface area contributed by atoms with Crippen LogP contribution in [-0.2, 0) is 16.1 Å². The number of esters is 1. The van der Waals surface area contributed by atoms with Crippen LogP contribution in [0.15, 0.2) is 79.0 Å². The molecule has 0 saturated carbocycles. The lowest BCUT2D eigenvalue weighted by Gasteiger charge is -2.09. The molecule has 0 aliphatic carbocycles. The van der Waals surface area contributed by atoms with E-state index in [4.69, 9.17) is 16.3 Å². The Morgan fingerprint density at radius 1 is 0.946 bits per heavy atom. The third-order valence-corrected chi connectivity index (χ3v) is 5.51. The zero-order chi connectivity index (χ0) is 26.2. The fourth-order valence-corrected chi connectivity index (χ4v) is 3.65. The minimum atomic E-state index is -0.493. The predicted octanol–water partition coefficient (Wildman–Crippen LogP) is 4.60. The number of anilines is 2. The van der Waals surface area contributed by atoms with Crippen LogP contribution in [0.2, 0.25) is 0 Å². The molecular weight excluding hydrogens is 494 g/mol. The summed E-state index contributed by atoms with van der Waals surface area (Å²) < 4.78 is 6.79. The first-order valence-electron chi connectivity index (χ1n) is 11.5. The largest absolute Gasteiger partial charge is 0.461 e. The molecule has 0 saturated heterocycles. The van der Waals surface area contributed by atoms with E-state index in [1.54, 1.807) is 84.5 Å². The molecule has 2 aromatic carbocycles. The van der Waals surface area contributed by atoms with Gasteiger partial charge in [-0.1, -0.05) is 30.3 Å². The Balaban J connectivity index is 1.56. The van der Waals surface area contributed by atoms with Gasteiger partial charge in [0.05, 0.1) is 18.8 Å². The number of nitrogens with zero attached hydrogens (tertiary/aromatic N) is 3. The highest BCUT2D eigenvalue weighted by Gasteiger charge is 2.18. The summed E-state index contributed by atoms with van der Waals surface area (Å²) in [5.74, 6) is -1.27. The highest BCUT2D eigenvalue weighted by molar-refractivity contribution is 6.29. The van der Waals surface area contributed by atoms with E-state index in [1.165, 1.54) is 0 Å². The summed E-state index contributed by atoms with van der Waals surface area (Å²) in [6.07, 6.45) is 1.56. The first kappa shape index (κ1) is 25.6. The third-order valence-electron chi connectivity index (χ3n) is 5.27. The Hall–Kier alpha value is -4.50. The van der Waals surface area contributed by atoms with E-state index in [0.29, 0.717) is 28.5 Å². The Morgan fingerprint density at radius 2 is 1.76 bits per heavy atom. The number of carbonyl (C=O) groups excluding carboxylic acids is 3. The molecule has 0 unspecified atom stereocenters. The number of amides is 2. The maximum absolute atomic E-state index is 12.7. The number of halogens is 1. The fourth-order valence-electron chi connectivity index (χ4n) is 3.58. The van der Waals surface area contributed by atoms with Crippen LogP contribution in [0.5, 0.6) is 0 Å². The molecule has 37 heavy (non-hydrogen) atoms. The van der Waals surface area contributed by atoms with E-state index in [0.717, 1.165) is 11.1 Å². The van der Waals surface area contributed by atoms with Gasteiger partial charge in [0.15, 0.2) is 0 Å². The molecular formula is C27H24ClN5O4. The van der Waals surface area contributed by atoms with Gasteiger partial charge in [-0.15, -0.1) is 11.6 Å².